The lowest BCUT2D eigenvalue weighted by Crippen LogP contribution is -2.34. The van der Waals surface area contributed by atoms with Gasteiger partial charge in [-0.2, -0.15) is 0 Å². The van der Waals surface area contributed by atoms with Gasteiger partial charge in [0, 0.05) is 12.8 Å². The summed E-state index contributed by atoms with van der Waals surface area (Å²) in [5, 5.41) is 19.1. The molecule has 0 aliphatic rings. The Labute approximate surface area is 343 Å². The second kappa shape index (κ2) is 38.4. The van der Waals surface area contributed by atoms with Crippen LogP contribution in [0.3, 0.4) is 0 Å². The average molecular weight is 824 g/mol. The van der Waals surface area contributed by atoms with Gasteiger partial charge in [0.2, 0.25) is 0 Å². The number of aliphatic hydroxyl groups excluding tert-OH is 1. The van der Waals surface area contributed by atoms with Crippen molar-refractivity contribution in [1.82, 2.24) is 0 Å². The van der Waals surface area contributed by atoms with Crippen molar-refractivity contribution in [3.8, 4) is 0 Å². The van der Waals surface area contributed by atoms with Gasteiger partial charge in [0.25, 0.3) is 0 Å². The molecule has 0 saturated carbocycles. The Morgan fingerprint density at radius 1 is 0.632 bits per heavy atom. The highest BCUT2D eigenvalue weighted by Crippen LogP contribution is 2.43. The minimum absolute atomic E-state index is 0.0141. The quantitative estimate of drug-likeness (QED) is 0.0152. The zero-order valence-electron chi connectivity index (χ0n) is 34.8. The van der Waals surface area contributed by atoms with E-state index in [4.69, 9.17) is 24.8 Å². The molecule has 0 aliphatic carbocycles. The summed E-state index contributed by atoms with van der Waals surface area (Å²) >= 11 is 0. The van der Waals surface area contributed by atoms with E-state index in [0.29, 0.717) is 19.3 Å². The van der Waals surface area contributed by atoms with Crippen molar-refractivity contribution >= 4 is 25.7 Å². The minimum Gasteiger partial charge on any atom is -0.480 e. The molecule has 12 nitrogen and oxygen atoms in total. The van der Waals surface area contributed by atoms with Gasteiger partial charge in [0.05, 0.1) is 19.3 Å². The number of carboxylic acids is 1. The highest BCUT2D eigenvalue weighted by molar-refractivity contribution is 7.47. The van der Waals surface area contributed by atoms with Crippen LogP contribution in [-0.4, -0.2) is 71.1 Å². The Kier molecular flexibility index (Phi) is 36.3. The van der Waals surface area contributed by atoms with E-state index >= 15 is 0 Å². The fourth-order valence-electron chi connectivity index (χ4n) is 5.14. The van der Waals surface area contributed by atoms with E-state index in [-0.39, 0.29) is 12.8 Å². The van der Waals surface area contributed by atoms with E-state index < -0.39 is 63.8 Å². The van der Waals surface area contributed by atoms with Gasteiger partial charge in [-0.25, -0.2) is 4.57 Å². The van der Waals surface area contributed by atoms with Crippen molar-refractivity contribution in [2.45, 2.75) is 167 Å². The van der Waals surface area contributed by atoms with E-state index in [1.807, 2.05) is 12.2 Å². The summed E-state index contributed by atoms with van der Waals surface area (Å²) in [5.41, 5.74) is 5.31. The van der Waals surface area contributed by atoms with Crippen molar-refractivity contribution in [3.05, 3.63) is 72.9 Å². The molecule has 13 heteroatoms. The maximum atomic E-state index is 12.6. The topological polar surface area (TPSA) is 192 Å². The lowest BCUT2D eigenvalue weighted by atomic mass is 10.1. The van der Waals surface area contributed by atoms with E-state index in [1.54, 1.807) is 12.2 Å². The number of nitrogens with two attached hydrogens (primary N) is 1. The first-order chi connectivity index (χ1) is 27.5. The third kappa shape index (κ3) is 38.2. The van der Waals surface area contributed by atoms with Crippen LogP contribution in [0.1, 0.15) is 149 Å². The van der Waals surface area contributed by atoms with Crippen LogP contribution >= 0.6 is 7.82 Å². The lowest BCUT2D eigenvalue weighted by molar-refractivity contribution is -0.161. The van der Waals surface area contributed by atoms with E-state index in [0.717, 1.165) is 44.9 Å². The summed E-state index contributed by atoms with van der Waals surface area (Å²) in [7, 11) is -4.77. The fraction of sp³-hybridized carbons (Fsp3) is 0.659. The van der Waals surface area contributed by atoms with E-state index in [1.165, 1.54) is 57.8 Å². The van der Waals surface area contributed by atoms with Crippen LogP contribution < -0.4 is 5.73 Å². The van der Waals surface area contributed by atoms with E-state index in [9.17, 15) is 28.9 Å². The molecule has 0 aliphatic heterocycles. The molecule has 0 bridgehead atoms. The first kappa shape index (κ1) is 53.9. The number of carbonyl (C=O) groups excluding carboxylic acids is 2. The first-order valence-corrected chi connectivity index (χ1v) is 22.6. The number of phosphoric acid groups is 1. The Morgan fingerprint density at radius 2 is 1.14 bits per heavy atom. The SMILES string of the molecule is CCCCC/C=C\C/C=C\C/C=C\CCCCC(=O)O[C@H](COC(=O)CCCC(O)/C=C/C=C/C/C=C/CCCCCCCC)COP(=O)(O)OC[C@H](N)C(=O)O. The summed E-state index contributed by atoms with van der Waals surface area (Å²) < 4.78 is 32.5. The molecule has 2 unspecified atom stereocenters. The zero-order chi connectivity index (χ0) is 42.2. The second-order valence-electron chi connectivity index (χ2n) is 14.0. The van der Waals surface area contributed by atoms with Crippen LogP contribution in [0.5, 0.6) is 0 Å². The molecule has 0 aromatic heterocycles. The summed E-state index contributed by atoms with van der Waals surface area (Å²) in [6.45, 7) is 2.51. The smallest absolute Gasteiger partial charge is 0.472 e. The number of rotatable bonds is 38. The molecule has 326 valence electrons. The number of allylic oxidation sites excluding steroid dienone is 11. The van der Waals surface area contributed by atoms with Crippen molar-refractivity contribution in [1.29, 1.82) is 0 Å². The number of carbonyl (C=O) groups is 3. The predicted octanol–water partition coefficient (Wildman–Crippen LogP) is 9.92. The van der Waals surface area contributed by atoms with Crippen LogP contribution in [-0.2, 0) is 37.5 Å². The largest absolute Gasteiger partial charge is 0.480 e. The molecule has 57 heavy (non-hydrogen) atoms. The first-order valence-electron chi connectivity index (χ1n) is 21.1. The summed E-state index contributed by atoms with van der Waals surface area (Å²) in [6, 6.07) is -1.56. The number of unbranched alkanes of at least 4 members (excludes halogenated alkanes) is 11. The number of carboxylic acid groups (broad SMARTS) is 1. The zero-order valence-corrected chi connectivity index (χ0v) is 35.7. The third-order valence-corrected chi connectivity index (χ3v) is 9.48. The highest BCUT2D eigenvalue weighted by Gasteiger charge is 2.28. The number of hydrogen-bond donors (Lipinski definition) is 4. The number of hydrogen-bond acceptors (Lipinski definition) is 10. The molecule has 0 fully saturated rings. The van der Waals surface area contributed by atoms with Crippen LogP contribution in [0.2, 0.25) is 0 Å². The Bertz CT molecular complexity index is 1260. The summed E-state index contributed by atoms with van der Waals surface area (Å²) in [5.74, 6) is -2.66. The molecule has 0 heterocycles. The number of phosphoric ester groups is 1. The van der Waals surface area contributed by atoms with Gasteiger partial charge in [-0.1, -0.05) is 132 Å². The fourth-order valence-corrected chi connectivity index (χ4v) is 5.92. The van der Waals surface area contributed by atoms with Crippen molar-refractivity contribution in [2.24, 2.45) is 5.73 Å². The Hall–Kier alpha value is -3.12. The minimum atomic E-state index is -4.77. The standard InChI is InChI=1S/C44H74NO11P/c1-3-5-7-9-11-13-15-17-18-20-22-24-26-28-30-34-43(48)56-40(37-54-57(51,52)55-38-41(45)44(49)50)36-53-42(47)35-31-33-39(46)32-29-27-25-23-21-19-16-14-12-10-8-6-4-2/h11,13,17-19,21-22,24-25,27,29,32,39-41,46H,3-10,12,14-16,20,23,26,28,30-31,33-38,45H2,1-2H3,(H,49,50)(H,51,52)/b13-11-,18-17-,21-19+,24-22-,27-25+,32-29+/t39?,40-,41+/m1/s1. The molecule has 0 aromatic carbocycles. The second-order valence-corrected chi connectivity index (χ2v) is 15.4. The molecular formula is C44H74NO11P. The van der Waals surface area contributed by atoms with Crippen molar-refractivity contribution < 1.29 is 52.6 Å². The number of esters is 2. The van der Waals surface area contributed by atoms with Gasteiger partial charge in [0.1, 0.15) is 12.6 Å². The average Bonchev–Trinajstić information content (AvgIpc) is 3.18. The Balaban J connectivity index is 4.65. The molecule has 0 saturated heterocycles. The van der Waals surface area contributed by atoms with Gasteiger partial charge in [-0.3, -0.25) is 23.4 Å². The molecule has 0 aromatic rings. The molecular weight excluding hydrogens is 749 g/mol. The monoisotopic (exact) mass is 823 g/mol. The van der Waals surface area contributed by atoms with Gasteiger partial charge in [-0.05, 0) is 77.0 Å². The predicted molar refractivity (Wildman–Crippen MR) is 227 cm³/mol. The molecule has 0 rings (SSSR count). The van der Waals surface area contributed by atoms with Crippen molar-refractivity contribution in [3.63, 3.8) is 0 Å². The molecule has 0 spiro atoms. The lowest BCUT2D eigenvalue weighted by Gasteiger charge is -2.20. The van der Waals surface area contributed by atoms with Crippen LogP contribution in [0, 0.1) is 0 Å². The third-order valence-electron chi connectivity index (χ3n) is 8.53. The van der Waals surface area contributed by atoms with Gasteiger partial charge >= 0.3 is 25.7 Å². The van der Waals surface area contributed by atoms with Crippen LogP contribution in [0.25, 0.3) is 0 Å². The van der Waals surface area contributed by atoms with Crippen LogP contribution in [0.15, 0.2) is 72.9 Å². The molecule has 4 atom stereocenters. The summed E-state index contributed by atoms with van der Waals surface area (Å²) in [6.07, 6.45) is 41.5. The van der Waals surface area contributed by atoms with Gasteiger partial charge in [-0.15, -0.1) is 0 Å². The summed E-state index contributed by atoms with van der Waals surface area (Å²) in [4.78, 5) is 45.9. The molecule has 0 amide bonds. The normalized spacial score (nSPS) is 15.0. The van der Waals surface area contributed by atoms with Gasteiger partial charge < -0.3 is 30.3 Å². The number of ether oxygens (including phenoxy) is 2. The highest BCUT2D eigenvalue weighted by atomic mass is 31.2. The Morgan fingerprint density at radius 3 is 1.77 bits per heavy atom. The number of aliphatic hydroxyl groups is 1. The number of aliphatic carboxylic acids is 1. The maximum Gasteiger partial charge on any atom is 0.472 e. The molecule has 0 radical (unpaired) electrons. The van der Waals surface area contributed by atoms with Crippen LogP contribution in [0.4, 0.5) is 0 Å². The molecule has 5 N–H and O–H groups in total. The van der Waals surface area contributed by atoms with Gasteiger partial charge in [0.15, 0.2) is 6.10 Å². The van der Waals surface area contributed by atoms with Crippen molar-refractivity contribution in [2.75, 3.05) is 19.8 Å². The van der Waals surface area contributed by atoms with E-state index in [2.05, 4.69) is 67.0 Å². The maximum absolute atomic E-state index is 12.6.